The van der Waals surface area contributed by atoms with Gasteiger partial charge in [0.05, 0.1) is 11.4 Å². The molecule has 0 saturated carbocycles. The summed E-state index contributed by atoms with van der Waals surface area (Å²) in [5.74, 6) is -0.282. The highest BCUT2D eigenvalue weighted by Crippen LogP contribution is 2.21. The molecule has 0 aliphatic heterocycles. The monoisotopic (exact) mass is 348 g/mol. The van der Waals surface area contributed by atoms with E-state index >= 15 is 0 Å². The Bertz CT molecular complexity index is 818. The second kappa shape index (κ2) is 7.77. The molecule has 6 heteroatoms. The van der Waals surface area contributed by atoms with Crippen molar-refractivity contribution in [1.29, 1.82) is 0 Å². The van der Waals surface area contributed by atoms with E-state index < -0.39 is 10.0 Å². The molecular weight excluding hydrogens is 324 g/mol. The van der Waals surface area contributed by atoms with Gasteiger partial charge in [-0.05, 0) is 36.2 Å². The van der Waals surface area contributed by atoms with Crippen molar-refractivity contribution in [3.05, 3.63) is 42.5 Å². The second-order valence-corrected chi connectivity index (χ2v) is 7.75. The number of rotatable bonds is 7. The minimum absolute atomic E-state index is 0.0274. The molecule has 0 fully saturated rings. The lowest BCUT2D eigenvalue weighted by atomic mass is 10.1. The molecule has 0 aliphatic rings. The molecule has 1 atom stereocenters. The molecule has 24 heavy (non-hydrogen) atoms. The molecule has 0 aliphatic carbocycles. The van der Waals surface area contributed by atoms with Crippen LogP contribution in [0.25, 0.3) is 10.8 Å². The maximum absolute atomic E-state index is 12.8. The van der Waals surface area contributed by atoms with Gasteiger partial charge < -0.3 is 5.32 Å². The first-order valence-electron chi connectivity index (χ1n) is 8.16. The topological polar surface area (TPSA) is 66.5 Å². The number of carbonyl (C=O) groups excluding carboxylic acids is 1. The normalized spacial score (nSPS) is 13.2. The van der Waals surface area contributed by atoms with Crippen molar-refractivity contribution in [2.45, 2.75) is 38.1 Å². The fourth-order valence-corrected chi connectivity index (χ4v) is 3.87. The minimum atomic E-state index is -3.71. The molecule has 1 amide bonds. The molecule has 130 valence electrons. The Morgan fingerprint density at radius 1 is 1.12 bits per heavy atom. The summed E-state index contributed by atoms with van der Waals surface area (Å²) in [7, 11) is -3.71. The van der Waals surface area contributed by atoms with Crippen LogP contribution in [-0.4, -0.2) is 37.8 Å². The third kappa shape index (κ3) is 4.13. The number of likely N-dealkylation sites (N-methyl/N-ethyl adjacent to an activating group) is 1. The summed E-state index contributed by atoms with van der Waals surface area (Å²) in [6.45, 7) is 5.66. The van der Waals surface area contributed by atoms with Crippen molar-refractivity contribution in [2.75, 3.05) is 13.1 Å². The third-order valence-corrected chi connectivity index (χ3v) is 5.97. The molecule has 2 aromatic rings. The van der Waals surface area contributed by atoms with Gasteiger partial charge in [-0.25, -0.2) is 8.42 Å². The highest BCUT2D eigenvalue weighted by Gasteiger charge is 2.25. The van der Waals surface area contributed by atoms with Gasteiger partial charge in [0, 0.05) is 12.6 Å². The van der Waals surface area contributed by atoms with Crippen LogP contribution in [0.1, 0.15) is 27.2 Å². The highest BCUT2D eigenvalue weighted by atomic mass is 32.2. The number of fused-ring (bicyclic) bond motifs is 1. The zero-order valence-electron chi connectivity index (χ0n) is 14.3. The van der Waals surface area contributed by atoms with E-state index in [-0.39, 0.29) is 29.9 Å². The summed E-state index contributed by atoms with van der Waals surface area (Å²) in [6.07, 6.45) is 0.801. The van der Waals surface area contributed by atoms with Crippen LogP contribution >= 0.6 is 0 Å². The van der Waals surface area contributed by atoms with Gasteiger partial charge in [-0.15, -0.1) is 0 Å². The first kappa shape index (κ1) is 18.4. The number of nitrogens with zero attached hydrogens (tertiary/aromatic N) is 1. The molecule has 5 nitrogen and oxygen atoms in total. The van der Waals surface area contributed by atoms with Crippen LogP contribution in [0.15, 0.2) is 47.4 Å². The van der Waals surface area contributed by atoms with Gasteiger partial charge >= 0.3 is 0 Å². The minimum Gasteiger partial charge on any atom is -0.353 e. The van der Waals surface area contributed by atoms with E-state index in [1.54, 1.807) is 25.1 Å². The van der Waals surface area contributed by atoms with Crippen LogP contribution in [0.5, 0.6) is 0 Å². The van der Waals surface area contributed by atoms with E-state index in [0.717, 1.165) is 17.2 Å². The van der Waals surface area contributed by atoms with Crippen LogP contribution in [0, 0.1) is 0 Å². The number of amides is 1. The van der Waals surface area contributed by atoms with Crippen molar-refractivity contribution in [3.63, 3.8) is 0 Å². The largest absolute Gasteiger partial charge is 0.353 e. The number of benzene rings is 2. The molecule has 1 N–H and O–H groups in total. The van der Waals surface area contributed by atoms with Crippen LogP contribution in [0.4, 0.5) is 0 Å². The molecule has 2 rings (SSSR count). The first-order chi connectivity index (χ1) is 11.4. The third-order valence-electron chi connectivity index (χ3n) is 4.05. The maximum atomic E-state index is 12.8. The number of nitrogens with one attached hydrogen (secondary N) is 1. The molecule has 0 bridgehead atoms. The SMILES string of the molecule is CCC(C)NC(=O)CN(CC)S(=O)(=O)c1ccc2ccccc2c1. The van der Waals surface area contributed by atoms with Gasteiger partial charge in [-0.2, -0.15) is 4.31 Å². The fourth-order valence-electron chi connectivity index (χ4n) is 2.43. The van der Waals surface area contributed by atoms with Crippen molar-refractivity contribution >= 4 is 26.7 Å². The number of carbonyl (C=O) groups is 1. The Kier molecular flexibility index (Phi) is 5.96. The molecule has 0 heterocycles. The summed E-state index contributed by atoms with van der Waals surface area (Å²) in [6, 6.07) is 12.6. The summed E-state index contributed by atoms with van der Waals surface area (Å²) in [5, 5.41) is 4.64. The van der Waals surface area contributed by atoms with Gasteiger partial charge in [-0.1, -0.05) is 44.2 Å². The Morgan fingerprint density at radius 3 is 2.42 bits per heavy atom. The zero-order valence-corrected chi connectivity index (χ0v) is 15.1. The number of hydrogen-bond donors (Lipinski definition) is 1. The van der Waals surface area contributed by atoms with Crippen LogP contribution in [0.3, 0.4) is 0 Å². The second-order valence-electron chi connectivity index (χ2n) is 5.82. The maximum Gasteiger partial charge on any atom is 0.243 e. The molecular formula is C18H24N2O3S. The molecule has 2 aromatic carbocycles. The van der Waals surface area contributed by atoms with E-state index in [2.05, 4.69) is 5.32 Å². The Labute approximate surface area is 143 Å². The van der Waals surface area contributed by atoms with Gasteiger partial charge in [0.1, 0.15) is 0 Å². The average molecular weight is 348 g/mol. The van der Waals surface area contributed by atoms with Crippen molar-refractivity contribution in [3.8, 4) is 0 Å². The summed E-state index contributed by atoms with van der Waals surface area (Å²) in [5.41, 5.74) is 0. The Hall–Kier alpha value is -1.92. The standard InChI is InChI=1S/C18H24N2O3S/c1-4-14(3)19-18(21)13-20(5-2)24(22,23)17-11-10-15-8-6-7-9-16(15)12-17/h6-12,14H,4-5,13H2,1-3H3,(H,19,21). The van der Waals surface area contributed by atoms with E-state index in [0.29, 0.717) is 0 Å². The lowest BCUT2D eigenvalue weighted by Gasteiger charge is -2.21. The predicted molar refractivity (Wildman–Crippen MR) is 96.3 cm³/mol. The van der Waals surface area contributed by atoms with Gasteiger partial charge in [0.2, 0.25) is 15.9 Å². The zero-order chi connectivity index (χ0) is 17.7. The predicted octanol–water partition coefficient (Wildman–Crippen LogP) is 2.77. The number of hydrogen-bond acceptors (Lipinski definition) is 3. The summed E-state index contributed by atoms with van der Waals surface area (Å²) >= 11 is 0. The van der Waals surface area contributed by atoms with Crippen LogP contribution in [0.2, 0.25) is 0 Å². The molecule has 0 aromatic heterocycles. The van der Waals surface area contributed by atoms with Gasteiger partial charge in [0.15, 0.2) is 0 Å². The lowest BCUT2D eigenvalue weighted by molar-refractivity contribution is -0.121. The van der Waals surface area contributed by atoms with E-state index in [1.807, 2.05) is 38.1 Å². The van der Waals surface area contributed by atoms with E-state index in [1.165, 1.54) is 4.31 Å². The first-order valence-corrected chi connectivity index (χ1v) is 9.60. The van der Waals surface area contributed by atoms with E-state index in [4.69, 9.17) is 0 Å². The van der Waals surface area contributed by atoms with Gasteiger partial charge in [-0.3, -0.25) is 4.79 Å². The smallest absolute Gasteiger partial charge is 0.243 e. The summed E-state index contributed by atoms with van der Waals surface area (Å²) < 4.78 is 26.9. The molecule has 0 radical (unpaired) electrons. The van der Waals surface area contributed by atoms with Crippen LogP contribution in [-0.2, 0) is 14.8 Å². The quantitative estimate of drug-likeness (QED) is 0.837. The van der Waals surface area contributed by atoms with Crippen molar-refractivity contribution in [2.24, 2.45) is 0 Å². The Morgan fingerprint density at radius 2 is 1.79 bits per heavy atom. The number of sulfonamides is 1. The van der Waals surface area contributed by atoms with Crippen LogP contribution < -0.4 is 5.32 Å². The van der Waals surface area contributed by atoms with Crippen molar-refractivity contribution in [1.82, 2.24) is 9.62 Å². The molecule has 0 saturated heterocycles. The Balaban J connectivity index is 2.26. The fraction of sp³-hybridized carbons (Fsp3) is 0.389. The van der Waals surface area contributed by atoms with Gasteiger partial charge in [0.25, 0.3) is 0 Å². The van der Waals surface area contributed by atoms with Crippen molar-refractivity contribution < 1.29 is 13.2 Å². The average Bonchev–Trinajstić information content (AvgIpc) is 2.58. The molecule has 1 unspecified atom stereocenters. The summed E-state index contributed by atoms with van der Waals surface area (Å²) in [4.78, 5) is 12.3. The lowest BCUT2D eigenvalue weighted by Crippen LogP contribution is -2.43. The molecule has 0 spiro atoms. The van der Waals surface area contributed by atoms with E-state index in [9.17, 15) is 13.2 Å². The highest BCUT2D eigenvalue weighted by molar-refractivity contribution is 7.89.